The third-order valence-electron chi connectivity index (χ3n) is 10.5. The van der Waals surface area contributed by atoms with E-state index < -0.39 is 47.5 Å². The van der Waals surface area contributed by atoms with Gasteiger partial charge in [-0.3, -0.25) is 10.1 Å². The zero-order valence-corrected chi connectivity index (χ0v) is 24.2. The van der Waals surface area contributed by atoms with Crippen molar-refractivity contribution in [1.29, 1.82) is 0 Å². The van der Waals surface area contributed by atoms with Crippen LogP contribution in [-0.2, 0) is 16.1 Å². The van der Waals surface area contributed by atoms with Gasteiger partial charge in [0.15, 0.2) is 5.78 Å². The molecule has 2 aromatic rings. The lowest BCUT2D eigenvalue weighted by Gasteiger charge is -2.56. The molecule has 2 N–H and O–H groups in total. The minimum absolute atomic E-state index is 0.0284. The van der Waals surface area contributed by atoms with Crippen molar-refractivity contribution >= 4 is 17.6 Å². The fourth-order valence-corrected chi connectivity index (χ4v) is 8.38. The number of benzene rings is 2. The van der Waals surface area contributed by atoms with E-state index in [2.05, 4.69) is 5.32 Å². The highest BCUT2D eigenvalue weighted by atomic mass is 19.4. The number of fused-ring (bicyclic) bond motifs is 4. The van der Waals surface area contributed by atoms with Crippen molar-refractivity contribution in [3.63, 3.8) is 0 Å². The van der Waals surface area contributed by atoms with Gasteiger partial charge in [0.1, 0.15) is 12.2 Å². The molecule has 10 heteroatoms. The van der Waals surface area contributed by atoms with Crippen LogP contribution in [0.25, 0.3) is 0 Å². The summed E-state index contributed by atoms with van der Waals surface area (Å²) in [5.41, 5.74) is -0.0699. The van der Waals surface area contributed by atoms with Gasteiger partial charge in [0.25, 0.3) is 0 Å². The highest BCUT2D eigenvalue weighted by Crippen LogP contribution is 2.70. The highest BCUT2D eigenvalue weighted by molar-refractivity contribution is 5.93. The summed E-state index contributed by atoms with van der Waals surface area (Å²) in [7, 11) is 0. The average Bonchev–Trinajstić information content (AvgIpc) is 3.27. The number of para-hydroxylation sites is 1. The molecule has 2 saturated carbocycles. The molecule has 0 aromatic heterocycles. The maximum Gasteiger partial charge on any atom is 0.456 e. The molecule has 44 heavy (non-hydrogen) atoms. The van der Waals surface area contributed by atoms with Crippen LogP contribution in [0.1, 0.15) is 68.9 Å². The van der Waals surface area contributed by atoms with Crippen molar-refractivity contribution in [2.75, 3.05) is 5.32 Å². The fraction of sp³-hybridized carbons (Fsp3) is 0.471. The number of carbonyl (C=O) groups is 2. The largest absolute Gasteiger partial charge is 0.456 e. The molecular formula is C34H34F5NO4. The number of amides is 1. The van der Waals surface area contributed by atoms with E-state index in [9.17, 15) is 27.9 Å². The van der Waals surface area contributed by atoms with Crippen molar-refractivity contribution in [2.24, 2.45) is 17.3 Å². The predicted octanol–water partition coefficient (Wildman–Crippen LogP) is 8.26. The van der Waals surface area contributed by atoms with Gasteiger partial charge >= 0.3 is 18.2 Å². The van der Waals surface area contributed by atoms with Gasteiger partial charge in [0.05, 0.1) is 0 Å². The Morgan fingerprint density at radius 2 is 1.70 bits per heavy atom. The summed E-state index contributed by atoms with van der Waals surface area (Å²) < 4.78 is 77.0. The molecule has 6 rings (SSSR count). The Labute approximate surface area is 252 Å². The van der Waals surface area contributed by atoms with Crippen LogP contribution >= 0.6 is 0 Å². The molecule has 4 aliphatic carbocycles. The number of ketones is 1. The smallest absolute Gasteiger partial charge is 0.444 e. The topological polar surface area (TPSA) is 75.6 Å². The molecule has 0 saturated heterocycles. The van der Waals surface area contributed by atoms with Crippen molar-refractivity contribution in [2.45, 2.75) is 82.1 Å². The maximum atomic E-state index is 15.2. The summed E-state index contributed by atoms with van der Waals surface area (Å²) in [6.07, 6.45) is -3.67. The second-order valence-corrected chi connectivity index (χ2v) is 12.8. The van der Waals surface area contributed by atoms with Gasteiger partial charge in [-0.25, -0.2) is 4.79 Å². The Hall–Kier alpha value is -3.53. The first kappa shape index (κ1) is 30.5. The van der Waals surface area contributed by atoms with Gasteiger partial charge in [0, 0.05) is 23.4 Å². The molecule has 0 radical (unpaired) electrons. The minimum Gasteiger partial charge on any atom is -0.444 e. The lowest BCUT2D eigenvalue weighted by molar-refractivity contribution is -0.362. The molecule has 0 aliphatic heterocycles. The standard InChI is InChI=1S/C34H34F5NO4/c1-31-18-27(21-9-7-20(8-10-21)19-44-30(42)40-23-5-3-2-4-6-23)29-25-14-12-24(41)17-22(25)11-13-26(29)28(31)15-16-32(31,43)33(35,36)34(37,38)39/h2-10,17,26-28,43H,11-16,18-19H2,1H3,(H,40,42)/t26-,27+,28-,31-,32-/m0/s1. The number of alkyl halides is 5. The quantitative estimate of drug-likeness (QED) is 0.332. The van der Waals surface area contributed by atoms with Gasteiger partial charge < -0.3 is 9.84 Å². The van der Waals surface area contributed by atoms with E-state index in [1.807, 2.05) is 6.07 Å². The van der Waals surface area contributed by atoms with E-state index in [1.54, 1.807) is 54.6 Å². The number of ether oxygens (including phenoxy) is 1. The first-order chi connectivity index (χ1) is 20.7. The molecule has 1 amide bonds. The van der Waals surface area contributed by atoms with Gasteiger partial charge in [0.2, 0.25) is 0 Å². The molecule has 2 aromatic carbocycles. The van der Waals surface area contributed by atoms with Crippen LogP contribution in [-0.4, -0.2) is 34.7 Å². The van der Waals surface area contributed by atoms with Crippen LogP contribution in [0.4, 0.5) is 32.4 Å². The number of nitrogens with one attached hydrogen (secondary N) is 1. The number of carbonyl (C=O) groups excluding carboxylic acids is 2. The number of hydrogen-bond acceptors (Lipinski definition) is 4. The number of anilines is 1. The fourth-order valence-electron chi connectivity index (χ4n) is 8.38. The summed E-state index contributed by atoms with van der Waals surface area (Å²) >= 11 is 0. The molecule has 2 fully saturated rings. The van der Waals surface area contributed by atoms with Gasteiger partial charge in [-0.2, -0.15) is 22.0 Å². The Kier molecular flexibility index (Phi) is 7.50. The van der Waals surface area contributed by atoms with E-state index in [-0.39, 0.29) is 31.1 Å². The minimum atomic E-state index is -5.89. The Balaban J connectivity index is 1.33. The number of allylic oxidation sites excluding steroid dienone is 4. The SMILES string of the molecule is C[C@]12C[C@H](c3ccc(COC(=O)Nc4ccccc4)cc3)C3=C4CCC(=O)C=C4CC[C@H]3[C@@H]1CC[C@@]2(O)C(F)(F)C(F)(F)F. The van der Waals surface area contributed by atoms with Crippen molar-refractivity contribution in [3.8, 4) is 0 Å². The summed E-state index contributed by atoms with van der Waals surface area (Å²) in [5.74, 6) is -6.63. The van der Waals surface area contributed by atoms with Crippen LogP contribution in [0.5, 0.6) is 0 Å². The first-order valence-electron chi connectivity index (χ1n) is 15.0. The highest BCUT2D eigenvalue weighted by Gasteiger charge is 2.79. The number of hydrogen-bond donors (Lipinski definition) is 2. The van der Waals surface area contributed by atoms with E-state index in [4.69, 9.17) is 4.74 Å². The van der Waals surface area contributed by atoms with Crippen LogP contribution in [0.15, 0.2) is 77.4 Å². The molecule has 0 bridgehead atoms. The molecule has 5 atom stereocenters. The zero-order valence-electron chi connectivity index (χ0n) is 24.2. The van der Waals surface area contributed by atoms with Crippen LogP contribution in [0, 0.1) is 17.3 Å². The maximum absolute atomic E-state index is 15.2. The predicted molar refractivity (Wildman–Crippen MR) is 153 cm³/mol. The molecule has 0 heterocycles. The second kappa shape index (κ2) is 10.8. The molecule has 0 unspecified atom stereocenters. The number of halogens is 5. The summed E-state index contributed by atoms with van der Waals surface area (Å²) in [4.78, 5) is 24.5. The van der Waals surface area contributed by atoms with E-state index in [0.29, 0.717) is 36.9 Å². The molecule has 5 nitrogen and oxygen atoms in total. The Bertz CT molecular complexity index is 1520. The summed E-state index contributed by atoms with van der Waals surface area (Å²) in [6.45, 7) is 1.37. The van der Waals surface area contributed by atoms with Crippen LogP contribution in [0.2, 0.25) is 0 Å². The number of aliphatic hydroxyl groups is 1. The molecule has 4 aliphatic rings. The molecule has 0 spiro atoms. The summed E-state index contributed by atoms with van der Waals surface area (Å²) in [6, 6.07) is 15.9. The number of rotatable bonds is 5. The first-order valence-corrected chi connectivity index (χ1v) is 15.0. The van der Waals surface area contributed by atoms with Crippen molar-refractivity contribution in [3.05, 3.63) is 88.5 Å². The van der Waals surface area contributed by atoms with Gasteiger partial charge in [-0.1, -0.05) is 55.0 Å². The lowest BCUT2D eigenvalue weighted by atomic mass is 9.50. The zero-order chi connectivity index (χ0) is 31.5. The lowest BCUT2D eigenvalue weighted by Crippen LogP contribution is -2.65. The van der Waals surface area contributed by atoms with Gasteiger partial charge in [-0.15, -0.1) is 0 Å². The van der Waals surface area contributed by atoms with E-state index >= 15 is 8.78 Å². The molecule has 234 valence electrons. The second-order valence-electron chi connectivity index (χ2n) is 12.8. The third kappa shape index (κ3) is 4.86. The Morgan fingerprint density at radius 1 is 1.00 bits per heavy atom. The van der Waals surface area contributed by atoms with Crippen molar-refractivity contribution in [1.82, 2.24) is 0 Å². The Morgan fingerprint density at radius 3 is 2.39 bits per heavy atom. The van der Waals surface area contributed by atoms with E-state index in [1.165, 1.54) is 6.92 Å². The monoisotopic (exact) mass is 615 g/mol. The van der Waals surface area contributed by atoms with Crippen molar-refractivity contribution < 1.29 is 41.4 Å². The third-order valence-corrected chi connectivity index (χ3v) is 10.5. The van der Waals surface area contributed by atoms with Crippen LogP contribution in [0.3, 0.4) is 0 Å². The average molecular weight is 616 g/mol. The van der Waals surface area contributed by atoms with Crippen LogP contribution < -0.4 is 5.32 Å². The normalized spacial score (nSPS) is 30.2. The molecular weight excluding hydrogens is 581 g/mol. The van der Waals surface area contributed by atoms with Gasteiger partial charge in [-0.05, 0) is 90.8 Å². The van der Waals surface area contributed by atoms with E-state index in [0.717, 1.165) is 22.3 Å². The summed E-state index contributed by atoms with van der Waals surface area (Å²) in [5, 5.41) is 14.0.